The molecule has 0 amide bonds. The van der Waals surface area contributed by atoms with Crippen molar-refractivity contribution >= 4 is 45.4 Å². The highest BCUT2D eigenvalue weighted by atomic mass is 35.5. The molecule has 0 atom stereocenters. The number of hydrogen-bond donors (Lipinski definition) is 1. The molecule has 4 aromatic rings. The van der Waals surface area contributed by atoms with Crippen LogP contribution in [0.25, 0.3) is 28.1 Å². The number of imidazole rings is 2. The predicted molar refractivity (Wildman–Crippen MR) is 111 cm³/mol. The summed E-state index contributed by atoms with van der Waals surface area (Å²) >= 11 is 12.6. The molecule has 8 nitrogen and oxygen atoms in total. The predicted octanol–water partition coefficient (Wildman–Crippen LogP) is 3.90. The van der Waals surface area contributed by atoms with Gasteiger partial charge in [-0.3, -0.25) is 9.13 Å². The van der Waals surface area contributed by atoms with Gasteiger partial charge in [0, 0.05) is 18.2 Å². The highest BCUT2D eigenvalue weighted by Gasteiger charge is 2.26. The van der Waals surface area contributed by atoms with Gasteiger partial charge in [-0.05, 0) is 43.9 Å². The van der Waals surface area contributed by atoms with Crippen LogP contribution >= 0.6 is 23.2 Å². The van der Waals surface area contributed by atoms with Gasteiger partial charge in [-0.15, -0.1) is 0 Å². The Hall–Kier alpha value is -2.42. The van der Waals surface area contributed by atoms with Gasteiger partial charge in [0.2, 0.25) is 5.95 Å². The summed E-state index contributed by atoms with van der Waals surface area (Å²) < 4.78 is 8.87. The Kier molecular flexibility index (Phi) is 4.57. The van der Waals surface area contributed by atoms with E-state index in [9.17, 15) is 4.79 Å². The second-order valence-corrected chi connectivity index (χ2v) is 8.02. The van der Waals surface area contributed by atoms with Gasteiger partial charge in [0.05, 0.1) is 17.1 Å². The molecule has 10 heteroatoms. The van der Waals surface area contributed by atoms with Crippen LogP contribution in [0.15, 0.2) is 29.3 Å². The number of aromatic nitrogens is 6. The number of benzene rings is 1. The summed E-state index contributed by atoms with van der Waals surface area (Å²) in [6.45, 7) is 0. The fraction of sp³-hybridized carbons (Fsp3) is 0.368. The van der Waals surface area contributed by atoms with Crippen LogP contribution in [0.4, 0.5) is 0 Å². The zero-order chi connectivity index (χ0) is 20.1. The molecule has 3 heterocycles. The molecule has 0 radical (unpaired) electrons. The Morgan fingerprint density at radius 3 is 2.72 bits per heavy atom. The standard InChI is InChI=1S/C19H18Cl2N6O2/c1-29-12-5-3-11(4-6-12)27-17-15(23-19(27)28)16(21)24-18(25-17)26-9-22-13-7-2-10(20)8-14(13)26/h2,7-9,11-12H,3-6H2,1H3,(H,23,28). The van der Waals surface area contributed by atoms with Gasteiger partial charge in [-0.2, -0.15) is 9.97 Å². The minimum Gasteiger partial charge on any atom is -0.381 e. The number of halogens is 2. The van der Waals surface area contributed by atoms with Crippen LogP contribution < -0.4 is 5.69 Å². The maximum atomic E-state index is 12.7. The first kappa shape index (κ1) is 18.6. The third kappa shape index (κ3) is 3.11. The fourth-order valence-corrected chi connectivity index (χ4v) is 4.46. The van der Waals surface area contributed by atoms with E-state index in [1.165, 1.54) is 0 Å². The summed E-state index contributed by atoms with van der Waals surface area (Å²) in [6, 6.07) is 5.44. The Morgan fingerprint density at radius 2 is 1.97 bits per heavy atom. The van der Waals surface area contributed by atoms with E-state index in [1.807, 2.05) is 6.07 Å². The number of fused-ring (bicyclic) bond motifs is 2. The molecular formula is C19H18Cl2N6O2. The van der Waals surface area contributed by atoms with Crippen molar-refractivity contribution in [3.63, 3.8) is 0 Å². The molecule has 1 fully saturated rings. The number of rotatable bonds is 3. The minimum atomic E-state index is -0.229. The van der Waals surface area contributed by atoms with E-state index in [0.717, 1.165) is 36.7 Å². The minimum absolute atomic E-state index is 0.0374. The molecule has 5 rings (SSSR count). The number of nitrogens with one attached hydrogen (secondary N) is 1. The molecule has 1 N–H and O–H groups in total. The summed E-state index contributed by atoms with van der Waals surface area (Å²) in [5, 5.41) is 0.773. The van der Waals surface area contributed by atoms with Crippen LogP contribution in [0.5, 0.6) is 0 Å². The molecule has 1 aliphatic rings. The van der Waals surface area contributed by atoms with Crippen molar-refractivity contribution in [3.05, 3.63) is 45.2 Å². The highest BCUT2D eigenvalue weighted by Crippen LogP contribution is 2.32. The number of ether oxygens (including phenoxy) is 1. The van der Waals surface area contributed by atoms with Gasteiger partial charge in [-0.25, -0.2) is 9.78 Å². The molecule has 1 aliphatic carbocycles. The first-order valence-corrected chi connectivity index (χ1v) is 10.1. The molecule has 1 saturated carbocycles. The van der Waals surface area contributed by atoms with Gasteiger partial charge < -0.3 is 9.72 Å². The molecule has 0 aliphatic heterocycles. The van der Waals surface area contributed by atoms with E-state index in [4.69, 9.17) is 27.9 Å². The van der Waals surface area contributed by atoms with Gasteiger partial charge in [-0.1, -0.05) is 23.2 Å². The first-order valence-electron chi connectivity index (χ1n) is 9.38. The van der Waals surface area contributed by atoms with Crippen molar-refractivity contribution in [2.45, 2.75) is 37.8 Å². The van der Waals surface area contributed by atoms with E-state index < -0.39 is 0 Å². The summed E-state index contributed by atoms with van der Waals surface area (Å²) in [5.74, 6) is 0.339. The largest absolute Gasteiger partial charge is 0.381 e. The molecule has 150 valence electrons. The zero-order valence-electron chi connectivity index (χ0n) is 15.6. The van der Waals surface area contributed by atoms with E-state index in [1.54, 1.807) is 34.7 Å². The van der Waals surface area contributed by atoms with Gasteiger partial charge in [0.1, 0.15) is 11.8 Å². The van der Waals surface area contributed by atoms with E-state index in [-0.39, 0.29) is 23.0 Å². The molecular weight excluding hydrogens is 415 g/mol. The Balaban J connectivity index is 1.65. The average Bonchev–Trinajstić information content (AvgIpc) is 3.28. The van der Waals surface area contributed by atoms with Crippen molar-refractivity contribution in [3.8, 4) is 5.95 Å². The van der Waals surface area contributed by atoms with Gasteiger partial charge >= 0.3 is 5.69 Å². The van der Waals surface area contributed by atoms with Crippen molar-refractivity contribution < 1.29 is 4.74 Å². The molecule has 0 bridgehead atoms. The van der Waals surface area contributed by atoms with Gasteiger partial charge in [0.15, 0.2) is 10.8 Å². The van der Waals surface area contributed by atoms with Crippen LogP contribution in [0, 0.1) is 0 Å². The maximum absolute atomic E-state index is 12.7. The Morgan fingerprint density at radius 1 is 1.17 bits per heavy atom. The lowest BCUT2D eigenvalue weighted by Gasteiger charge is -2.28. The average molecular weight is 433 g/mol. The fourth-order valence-electron chi connectivity index (χ4n) is 4.08. The smallest absolute Gasteiger partial charge is 0.328 e. The number of hydrogen-bond acceptors (Lipinski definition) is 5. The lowest BCUT2D eigenvalue weighted by Crippen LogP contribution is -2.28. The number of aromatic amines is 1. The van der Waals surface area contributed by atoms with Crippen LogP contribution in [0.2, 0.25) is 10.2 Å². The second kappa shape index (κ2) is 7.12. The summed E-state index contributed by atoms with van der Waals surface area (Å²) in [6.07, 6.45) is 5.34. The summed E-state index contributed by atoms with van der Waals surface area (Å²) in [7, 11) is 1.73. The third-order valence-corrected chi connectivity index (χ3v) is 6.09. The Bertz CT molecular complexity index is 1270. The third-order valence-electron chi connectivity index (χ3n) is 5.58. The van der Waals surface area contributed by atoms with E-state index in [2.05, 4.69) is 19.9 Å². The molecule has 0 spiro atoms. The second-order valence-electron chi connectivity index (χ2n) is 7.23. The van der Waals surface area contributed by atoms with Crippen molar-refractivity contribution in [2.75, 3.05) is 7.11 Å². The topological polar surface area (TPSA) is 90.6 Å². The molecule has 1 aromatic carbocycles. The number of methoxy groups -OCH3 is 1. The SMILES string of the molecule is COC1CCC(n2c(=O)[nH]c3c(Cl)nc(-n4cnc5ccc(Cl)cc54)nc32)CC1. The lowest BCUT2D eigenvalue weighted by molar-refractivity contribution is 0.0585. The first-order chi connectivity index (χ1) is 14.0. The quantitative estimate of drug-likeness (QED) is 0.495. The lowest BCUT2D eigenvalue weighted by atomic mass is 9.93. The van der Waals surface area contributed by atoms with E-state index >= 15 is 0 Å². The molecule has 0 unspecified atom stereocenters. The van der Waals surface area contributed by atoms with E-state index in [0.29, 0.717) is 22.1 Å². The van der Waals surface area contributed by atoms with Crippen molar-refractivity contribution in [2.24, 2.45) is 0 Å². The molecule has 29 heavy (non-hydrogen) atoms. The summed E-state index contributed by atoms with van der Waals surface area (Å²) in [5.41, 5.74) is 2.23. The number of nitrogens with zero attached hydrogens (tertiary/aromatic N) is 5. The van der Waals surface area contributed by atoms with Gasteiger partial charge in [0.25, 0.3) is 0 Å². The highest BCUT2D eigenvalue weighted by molar-refractivity contribution is 6.33. The summed E-state index contributed by atoms with van der Waals surface area (Å²) in [4.78, 5) is 28.9. The van der Waals surface area contributed by atoms with Crippen LogP contribution in [-0.4, -0.2) is 42.3 Å². The number of H-pyrrole nitrogens is 1. The van der Waals surface area contributed by atoms with Crippen molar-refractivity contribution in [1.82, 2.24) is 29.1 Å². The van der Waals surface area contributed by atoms with Crippen molar-refractivity contribution in [1.29, 1.82) is 0 Å². The van der Waals surface area contributed by atoms with Crippen LogP contribution in [-0.2, 0) is 4.74 Å². The normalized spacial score (nSPS) is 20.0. The molecule has 3 aromatic heterocycles. The van der Waals surface area contributed by atoms with Crippen LogP contribution in [0.3, 0.4) is 0 Å². The van der Waals surface area contributed by atoms with Crippen LogP contribution in [0.1, 0.15) is 31.7 Å². The molecule has 0 saturated heterocycles. The zero-order valence-corrected chi connectivity index (χ0v) is 17.1. The Labute approximate surface area is 175 Å². The maximum Gasteiger partial charge on any atom is 0.328 e. The monoisotopic (exact) mass is 432 g/mol.